The van der Waals surface area contributed by atoms with Crippen LogP contribution in [0.4, 0.5) is 27.6 Å². The molecule has 2 fully saturated rings. The number of alkyl halides is 3. The highest BCUT2D eigenvalue weighted by atomic mass is 35.5. The molecule has 240 valence electrons. The van der Waals surface area contributed by atoms with Crippen molar-refractivity contribution in [3.05, 3.63) is 64.2 Å². The van der Waals surface area contributed by atoms with Gasteiger partial charge in [0.15, 0.2) is 5.78 Å². The second-order valence-electron chi connectivity index (χ2n) is 13.3. The molecule has 0 aromatic heterocycles. The lowest BCUT2D eigenvalue weighted by molar-refractivity contribution is -0.192. The van der Waals surface area contributed by atoms with Crippen LogP contribution in [-0.4, -0.2) is 51.7 Å². The number of rotatable bonds is 5. The number of carbonyl (C=O) groups is 3. The van der Waals surface area contributed by atoms with Gasteiger partial charge in [0, 0.05) is 24.1 Å². The number of carboxylic acid groups (broad SMARTS) is 1. The molecular weight excluding hydrogens is 611 g/mol. The molecule has 44 heavy (non-hydrogen) atoms. The number of ketones is 1. The number of carbonyl (C=O) groups excluding carboxylic acids is 2. The summed E-state index contributed by atoms with van der Waals surface area (Å²) in [5, 5.41) is 23.5. The molecule has 3 aliphatic rings. The average molecular weight is 645 g/mol. The molecule has 2 aromatic carbocycles. The Labute approximate surface area is 256 Å². The molecular formula is C31H34ClF5N2O5. The van der Waals surface area contributed by atoms with Crippen molar-refractivity contribution in [3.63, 3.8) is 0 Å². The maximum atomic E-state index is 15.7. The second-order valence-corrected chi connectivity index (χ2v) is 13.7. The van der Waals surface area contributed by atoms with E-state index < -0.39 is 52.8 Å². The monoisotopic (exact) mass is 644 g/mol. The Kier molecular flexibility index (Phi) is 8.98. The van der Waals surface area contributed by atoms with E-state index in [-0.39, 0.29) is 40.0 Å². The zero-order chi connectivity index (χ0) is 33.0. The van der Waals surface area contributed by atoms with Crippen LogP contribution >= 0.6 is 11.6 Å². The molecule has 7 nitrogen and oxygen atoms in total. The first-order valence-electron chi connectivity index (χ1n) is 14.0. The van der Waals surface area contributed by atoms with Gasteiger partial charge in [-0.15, -0.1) is 0 Å². The van der Waals surface area contributed by atoms with Crippen LogP contribution in [0.25, 0.3) is 0 Å². The van der Waals surface area contributed by atoms with Crippen LogP contribution in [-0.2, 0) is 19.8 Å². The molecule has 0 bridgehead atoms. The van der Waals surface area contributed by atoms with E-state index in [1.54, 1.807) is 25.1 Å². The van der Waals surface area contributed by atoms with E-state index in [1.807, 2.05) is 20.8 Å². The summed E-state index contributed by atoms with van der Waals surface area (Å²) in [6.07, 6.45) is -3.33. The van der Waals surface area contributed by atoms with Crippen molar-refractivity contribution in [3.8, 4) is 0 Å². The minimum absolute atomic E-state index is 0.0190. The highest BCUT2D eigenvalue weighted by Gasteiger charge is 2.66. The van der Waals surface area contributed by atoms with Crippen LogP contribution in [0.5, 0.6) is 0 Å². The normalized spacial score (nSPS) is 29.4. The molecule has 5 rings (SSSR count). The lowest BCUT2D eigenvalue weighted by atomic mass is 9.61. The summed E-state index contributed by atoms with van der Waals surface area (Å²) in [5.74, 6) is -5.33. The first kappa shape index (κ1) is 33.8. The third kappa shape index (κ3) is 6.48. The van der Waals surface area contributed by atoms with Gasteiger partial charge in [0.25, 0.3) is 0 Å². The average Bonchev–Trinajstić information content (AvgIpc) is 3.33. The molecule has 1 aliphatic carbocycles. The molecule has 2 heterocycles. The standard InChI is InChI=1S/C29H33ClF2N2O3.C2HF3O2/c1-27(2,3)14-22-29(18-9-8-16(31)11-20(18)33-26(29)36)23(17-6-5-7-19(30)24(17)32)25(34-22)21(35)10-15-12-28(4,37)13-15;3-2(4,5)1(6)7/h5-9,11,15,22-23,25,34,37H,10,12-14H2,1-4H3,(H,33,36);(H,6,7)/t15?,22-,23+,25+,28?,29+;/m1./s1. The van der Waals surface area contributed by atoms with Crippen LogP contribution in [0.15, 0.2) is 36.4 Å². The highest BCUT2D eigenvalue weighted by Crippen LogP contribution is 2.57. The minimum Gasteiger partial charge on any atom is -0.475 e. The van der Waals surface area contributed by atoms with E-state index >= 15 is 4.39 Å². The summed E-state index contributed by atoms with van der Waals surface area (Å²) >= 11 is 6.20. The van der Waals surface area contributed by atoms with Crippen molar-refractivity contribution < 1.29 is 46.5 Å². The Morgan fingerprint density at radius 1 is 1.09 bits per heavy atom. The molecule has 1 amide bonds. The number of fused-ring (bicyclic) bond motifs is 2. The fraction of sp³-hybridized carbons (Fsp3) is 0.516. The molecule has 0 radical (unpaired) electrons. The number of halogens is 6. The van der Waals surface area contributed by atoms with E-state index in [4.69, 9.17) is 21.5 Å². The topological polar surface area (TPSA) is 116 Å². The number of aliphatic carboxylic acids is 1. The molecule has 1 saturated carbocycles. The fourth-order valence-electron chi connectivity index (χ4n) is 6.94. The van der Waals surface area contributed by atoms with Gasteiger partial charge in [-0.05, 0) is 66.8 Å². The largest absolute Gasteiger partial charge is 0.490 e. The first-order valence-corrected chi connectivity index (χ1v) is 14.4. The number of benzene rings is 2. The van der Waals surface area contributed by atoms with Gasteiger partial charge in [0.1, 0.15) is 17.0 Å². The van der Waals surface area contributed by atoms with Crippen LogP contribution in [0, 0.1) is 23.0 Å². The number of Topliss-reactive ketones (excluding diaryl/α,β-unsaturated/α-hetero) is 1. The Morgan fingerprint density at radius 2 is 1.70 bits per heavy atom. The van der Waals surface area contributed by atoms with Gasteiger partial charge < -0.3 is 20.8 Å². The van der Waals surface area contributed by atoms with Crippen LogP contribution in [0.3, 0.4) is 0 Å². The molecule has 2 aliphatic heterocycles. The van der Waals surface area contributed by atoms with Crippen molar-refractivity contribution in [2.45, 2.75) is 88.6 Å². The summed E-state index contributed by atoms with van der Waals surface area (Å²) in [6.45, 7) is 7.88. The van der Waals surface area contributed by atoms with E-state index in [9.17, 15) is 32.3 Å². The highest BCUT2D eigenvalue weighted by molar-refractivity contribution is 6.30. The lowest BCUT2D eigenvalue weighted by Crippen LogP contribution is -2.49. The zero-order valence-corrected chi connectivity index (χ0v) is 25.2. The quantitative estimate of drug-likeness (QED) is 0.292. The Balaban J connectivity index is 0.000000566. The zero-order valence-electron chi connectivity index (χ0n) is 24.5. The van der Waals surface area contributed by atoms with Gasteiger partial charge in [0.2, 0.25) is 5.91 Å². The second kappa shape index (κ2) is 11.7. The number of nitrogens with one attached hydrogen (secondary N) is 2. The van der Waals surface area contributed by atoms with Crippen LogP contribution < -0.4 is 10.6 Å². The van der Waals surface area contributed by atoms with Gasteiger partial charge in [-0.2, -0.15) is 13.2 Å². The molecule has 0 unspecified atom stereocenters. The Bertz CT molecular complexity index is 1470. The van der Waals surface area contributed by atoms with Gasteiger partial charge in [0.05, 0.1) is 16.7 Å². The van der Waals surface area contributed by atoms with E-state index in [0.717, 1.165) is 0 Å². The van der Waals surface area contributed by atoms with Crippen molar-refractivity contribution in [2.24, 2.45) is 11.3 Å². The molecule has 1 spiro atoms. The SMILES string of the molecule is CC(C)(C)C[C@H]1N[C@@H](C(=O)CC2CC(C)(O)C2)[C@H](c2cccc(Cl)c2F)[C@@]12C(=O)Nc1cc(F)ccc12.O=C(O)C(F)(F)F. The number of carboxylic acids is 1. The number of anilines is 1. The maximum Gasteiger partial charge on any atom is 0.490 e. The van der Waals surface area contributed by atoms with Gasteiger partial charge in [-0.3, -0.25) is 9.59 Å². The predicted molar refractivity (Wildman–Crippen MR) is 152 cm³/mol. The molecule has 4 atom stereocenters. The molecule has 1 saturated heterocycles. The summed E-state index contributed by atoms with van der Waals surface area (Å²) < 4.78 is 61.6. The van der Waals surface area contributed by atoms with Gasteiger partial charge in [-0.25, -0.2) is 13.6 Å². The van der Waals surface area contributed by atoms with E-state index in [1.165, 1.54) is 18.2 Å². The van der Waals surface area contributed by atoms with Crippen LogP contribution in [0.1, 0.15) is 70.4 Å². The third-order valence-electron chi connectivity index (χ3n) is 8.47. The summed E-state index contributed by atoms with van der Waals surface area (Å²) in [5.41, 5.74) is -1.31. The van der Waals surface area contributed by atoms with Crippen LogP contribution in [0.2, 0.25) is 5.02 Å². The third-order valence-corrected chi connectivity index (χ3v) is 8.77. The molecule has 2 aromatic rings. The minimum atomic E-state index is -5.08. The Morgan fingerprint density at radius 3 is 2.25 bits per heavy atom. The number of aliphatic hydroxyl groups is 1. The van der Waals surface area contributed by atoms with Crippen molar-refractivity contribution >= 4 is 34.9 Å². The lowest BCUT2D eigenvalue weighted by Gasteiger charge is -2.41. The van der Waals surface area contributed by atoms with Crippen molar-refractivity contribution in [1.29, 1.82) is 0 Å². The summed E-state index contributed by atoms with van der Waals surface area (Å²) in [4.78, 5) is 36.8. The molecule has 13 heteroatoms. The van der Waals surface area contributed by atoms with Gasteiger partial charge >= 0.3 is 12.1 Å². The number of amides is 1. The fourth-order valence-corrected chi connectivity index (χ4v) is 7.13. The van der Waals surface area contributed by atoms with E-state index in [0.29, 0.717) is 30.5 Å². The molecule has 4 N–H and O–H groups in total. The van der Waals surface area contributed by atoms with Gasteiger partial charge in [-0.1, -0.05) is 50.6 Å². The maximum absolute atomic E-state index is 15.7. The summed E-state index contributed by atoms with van der Waals surface area (Å²) in [7, 11) is 0. The smallest absolute Gasteiger partial charge is 0.475 e. The Hall–Kier alpha value is -3.09. The number of hydrogen-bond donors (Lipinski definition) is 4. The summed E-state index contributed by atoms with van der Waals surface area (Å²) in [6, 6.07) is 7.39. The predicted octanol–water partition coefficient (Wildman–Crippen LogP) is 6.12. The van der Waals surface area contributed by atoms with Crippen molar-refractivity contribution in [2.75, 3.05) is 5.32 Å². The first-order chi connectivity index (χ1) is 20.2. The van der Waals surface area contributed by atoms with E-state index in [2.05, 4.69) is 10.6 Å². The van der Waals surface area contributed by atoms with Crippen molar-refractivity contribution in [1.82, 2.24) is 5.32 Å². The number of hydrogen-bond acceptors (Lipinski definition) is 5.